The first kappa shape index (κ1) is 16.7. The summed E-state index contributed by atoms with van der Waals surface area (Å²) in [6.07, 6.45) is 4.67. The summed E-state index contributed by atoms with van der Waals surface area (Å²) in [5.41, 5.74) is 0.987. The van der Waals surface area contributed by atoms with E-state index in [0.717, 1.165) is 28.8 Å². The van der Waals surface area contributed by atoms with Crippen LogP contribution < -0.4 is 10.1 Å². The Kier molecular flexibility index (Phi) is 6.15. The molecule has 22 heavy (non-hydrogen) atoms. The number of aliphatic hydroxyl groups is 1. The molecular weight excluding hydrogens is 300 g/mol. The van der Waals surface area contributed by atoms with E-state index >= 15 is 0 Å². The van der Waals surface area contributed by atoms with E-state index in [9.17, 15) is 9.90 Å². The summed E-state index contributed by atoms with van der Waals surface area (Å²) in [6.45, 7) is 0.210. The maximum atomic E-state index is 12.1. The molecule has 1 aromatic carbocycles. The normalized spacial score (nSPS) is 12.3. The smallest absolute Gasteiger partial charge is 0.240 e. The van der Waals surface area contributed by atoms with Crippen molar-refractivity contribution in [2.45, 2.75) is 19.0 Å². The van der Waals surface area contributed by atoms with Crippen molar-refractivity contribution < 1.29 is 14.6 Å². The number of nitrogens with zero attached hydrogens (tertiary/aromatic N) is 1. The maximum Gasteiger partial charge on any atom is 0.240 e. The molecule has 0 bridgehead atoms. The van der Waals surface area contributed by atoms with Gasteiger partial charge in [-0.2, -0.15) is 11.8 Å². The standard InChI is InChI=1S/C16H22N2O3S/c1-21-14-3-4-15-12(9-14)5-7-18(15)10-16(20)17-13(11-19)6-8-22-2/h3-5,7,9,13,19H,6,8,10-11H2,1-2H3,(H,17,20)/t13-/m1/s1. The van der Waals surface area contributed by atoms with Gasteiger partial charge in [-0.25, -0.2) is 0 Å². The van der Waals surface area contributed by atoms with Gasteiger partial charge in [0.25, 0.3) is 0 Å². The van der Waals surface area contributed by atoms with Crippen molar-refractivity contribution in [2.24, 2.45) is 0 Å². The lowest BCUT2D eigenvalue weighted by atomic mass is 10.2. The predicted octanol–water partition coefficient (Wildman–Crippen LogP) is 1.88. The first-order chi connectivity index (χ1) is 10.7. The Morgan fingerprint density at radius 3 is 2.95 bits per heavy atom. The Balaban J connectivity index is 2.02. The van der Waals surface area contributed by atoms with Crippen LogP contribution in [-0.4, -0.2) is 47.3 Å². The van der Waals surface area contributed by atoms with Gasteiger partial charge in [-0.3, -0.25) is 4.79 Å². The molecule has 0 fully saturated rings. The largest absolute Gasteiger partial charge is 0.497 e. The van der Waals surface area contributed by atoms with Crippen LogP contribution in [0.5, 0.6) is 5.75 Å². The average molecular weight is 322 g/mol. The molecule has 5 nitrogen and oxygen atoms in total. The van der Waals surface area contributed by atoms with Crippen molar-refractivity contribution in [3.8, 4) is 5.75 Å². The van der Waals surface area contributed by atoms with E-state index in [2.05, 4.69) is 5.32 Å². The summed E-state index contributed by atoms with van der Waals surface area (Å²) in [4.78, 5) is 12.1. The van der Waals surface area contributed by atoms with Crippen LogP contribution >= 0.6 is 11.8 Å². The molecule has 2 rings (SSSR count). The highest BCUT2D eigenvalue weighted by Crippen LogP contribution is 2.21. The number of ether oxygens (including phenoxy) is 1. The summed E-state index contributed by atoms with van der Waals surface area (Å²) in [7, 11) is 1.63. The number of thioether (sulfide) groups is 1. The van der Waals surface area contributed by atoms with Crippen LogP contribution in [0.4, 0.5) is 0 Å². The first-order valence-corrected chi connectivity index (χ1v) is 8.59. The lowest BCUT2D eigenvalue weighted by molar-refractivity contribution is -0.122. The van der Waals surface area contributed by atoms with Crippen molar-refractivity contribution in [1.29, 1.82) is 0 Å². The van der Waals surface area contributed by atoms with E-state index in [1.54, 1.807) is 18.9 Å². The minimum atomic E-state index is -0.179. The molecule has 1 atom stereocenters. The highest BCUT2D eigenvalue weighted by atomic mass is 32.2. The van der Waals surface area contributed by atoms with Gasteiger partial charge in [0.15, 0.2) is 0 Å². The number of aromatic nitrogens is 1. The van der Waals surface area contributed by atoms with Crippen LogP contribution in [0.25, 0.3) is 10.9 Å². The highest BCUT2D eigenvalue weighted by Gasteiger charge is 2.12. The van der Waals surface area contributed by atoms with Crippen molar-refractivity contribution in [3.63, 3.8) is 0 Å². The van der Waals surface area contributed by atoms with E-state index in [4.69, 9.17) is 4.74 Å². The number of aliphatic hydroxyl groups excluding tert-OH is 1. The number of hydrogen-bond donors (Lipinski definition) is 2. The van der Waals surface area contributed by atoms with Gasteiger partial charge in [-0.15, -0.1) is 0 Å². The number of carbonyl (C=O) groups excluding carboxylic acids is 1. The van der Waals surface area contributed by atoms with Crippen molar-refractivity contribution in [3.05, 3.63) is 30.5 Å². The van der Waals surface area contributed by atoms with Gasteiger partial charge in [0.05, 0.1) is 19.8 Å². The molecule has 1 heterocycles. The van der Waals surface area contributed by atoms with Crippen molar-refractivity contribution in [2.75, 3.05) is 25.7 Å². The van der Waals surface area contributed by atoms with Crippen LogP contribution in [0.2, 0.25) is 0 Å². The molecule has 0 aliphatic carbocycles. The third-order valence-electron chi connectivity index (χ3n) is 3.55. The fraction of sp³-hybridized carbons (Fsp3) is 0.438. The minimum Gasteiger partial charge on any atom is -0.497 e. The SMILES string of the molecule is COc1ccc2c(ccn2CC(=O)N[C@@H](CO)CCSC)c1. The van der Waals surface area contributed by atoms with Gasteiger partial charge >= 0.3 is 0 Å². The molecule has 1 amide bonds. The number of methoxy groups -OCH3 is 1. The molecule has 6 heteroatoms. The van der Waals surface area contributed by atoms with E-state index in [-0.39, 0.29) is 25.1 Å². The number of hydrogen-bond acceptors (Lipinski definition) is 4. The molecule has 0 unspecified atom stereocenters. The summed E-state index contributed by atoms with van der Waals surface area (Å²) in [6, 6.07) is 7.55. The Hall–Kier alpha value is -1.66. The molecule has 2 aromatic rings. The van der Waals surface area contributed by atoms with Crippen LogP contribution in [-0.2, 0) is 11.3 Å². The van der Waals surface area contributed by atoms with E-state index < -0.39 is 0 Å². The van der Waals surface area contributed by atoms with Crippen molar-refractivity contribution in [1.82, 2.24) is 9.88 Å². The van der Waals surface area contributed by atoms with Gasteiger partial charge in [-0.05, 0) is 42.7 Å². The monoisotopic (exact) mass is 322 g/mol. The predicted molar refractivity (Wildman–Crippen MR) is 90.5 cm³/mol. The zero-order chi connectivity index (χ0) is 15.9. The van der Waals surface area contributed by atoms with E-state index in [1.807, 2.05) is 41.3 Å². The second-order valence-corrected chi connectivity index (χ2v) is 6.08. The fourth-order valence-electron chi connectivity index (χ4n) is 2.34. The number of fused-ring (bicyclic) bond motifs is 1. The zero-order valence-electron chi connectivity index (χ0n) is 12.9. The number of rotatable bonds is 8. The van der Waals surface area contributed by atoms with Gasteiger partial charge in [-0.1, -0.05) is 0 Å². The van der Waals surface area contributed by atoms with Crippen LogP contribution in [0, 0.1) is 0 Å². The van der Waals surface area contributed by atoms with Gasteiger partial charge in [0, 0.05) is 17.1 Å². The van der Waals surface area contributed by atoms with Gasteiger partial charge < -0.3 is 19.7 Å². The highest BCUT2D eigenvalue weighted by molar-refractivity contribution is 7.98. The Morgan fingerprint density at radius 1 is 1.45 bits per heavy atom. The number of benzene rings is 1. The molecule has 0 radical (unpaired) electrons. The molecule has 0 saturated carbocycles. The molecule has 120 valence electrons. The topological polar surface area (TPSA) is 63.5 Å². The van der Waals surface area contributed by atoms with Crippen LogP contribution in [0.15, 0.2) is 30.5 Å². The third-order valence-corrected chi connectivity index (χ3v) is 4.19. The summed E-state index contributed by atoms with van der Waals surface area (Å²) >= 11 is 1.70. The summed E-state index contributed by atoms with van der Waals surface area (Å²) in [5.74, 6) is 1.62. The van der Waals surface area contributed by atoms with E-state index in [0.29, 0.717) is 0 Å². The van der Waals surface area contributed by atoms with Gasteiger partial charge in [0.2, 0.25) is 5.91 Å². The molecule has 2 N–H and O–H groups in total. The van der Waals surface area contributed by atoms with Gasteiger partial charge in [0.1, 0.15) is 12.3 Å². The second kappa shape index (κ2) is 8.10. The number of nitrogens with one attached hydrogen (secondary N) is 1. The third kappa shape index (κ3) is 4.18. The molecular formula is C16H22N2O3S. The van der Waals surface area contributed by atoms with Crippen LogP contribution in [0.1, 0.15) is 6.42 Å². The molecule has 0 spiro atoms. The number of carbonyl (C=O) groups is 1. The maximum absolute atomic E-state index is 12.1. The zero-order valence-corrected chi connectivity index (χ0v) is 13.7. The molecule has 0 aliphatic rings. The van der Waals surface area contributed by atoms with E-state index in [1.165, 1.54) is 0 Å². The molecule has 0 aliphatic heterocycles. The molecule has 1 aromatic heterocycles. The van der Waals surface area contributed by atoms with Crippen molar-refractivity contribution >= 4 is 28.6 Å². The first-order valence-electron chi connectivity index (χ1n) is 7.20. The lowest BCUT2D eigenvalue weighted by Crippen LogP contribution is -2.39. The van der Waals surface area contributed by atoms with Crippen LogP contribution in [0.3, 0.4) is 0 Å². The lowest BCUT2D eigenvalue weighted by Gasteiger charge is -2.16. The summed E-state index contributed by atoms with van der Waals surface area (Å²) < 4.78 is 7.09. The minimum absolute atomic E-state index is 0.0318. The quantitative estimate of drug-likeness (QED) is 0.779. The summed E-state index contributed by atoms with van der Waals surface area (Å²) in [5, 5.41) is 13.2. The average Bonchev–Trinajstić information content (AvgIpc) is 2.93. The molecule has 0 saturated heterocycles. The Labute approximate surface area is 134 Å². The Bertz CT molecular complexity index is 627. The number of amides is 1. The Morgan fingerprint density at radius 2 is 2.27 bits per heavy atom. The fourth-order valence-corrected chi connectivity index (χ4v) is 2.86. The second-order valence-electron chi connectivity index (χ2n) is 5.10.